The summed E-state index contributed by atoms with van der Waals surface area (Å²) in [5.74, 6) is -0.518. The van der Waals surface area contributed by atoms with Gasteiger partial charge in [0.05, 0.1) is 22.6 Å². The molecule has 0 N–H and O–H groups in total. The molecule has 184 valence electrons. The third-order valence-corrected chi connectivity index (χ3v) is 6.43. The maximum absolute atomic E-state index is 13.9. The smallest absolute Gasteiger partial charge is 0.299 e. The number of halogens is 6. The number of nitrogens with zero attached hydrogens (tertiary/aromatic N) is 2. The Hall–Kier alpha value is -2.53. The molecule has 34 heavy (non-hydrogen) atoms. The third-order valence-electron chi connectivity index (χ3n) is 6.43. The molecular formula is C26H28F6N2. The quantitative estimate of drug-likeness (QED) is 0.326. The second kappa shape index (κ2) is 10.4. The van der Waals surface area contributed by atoms with Crippen molar-refractivity contribution in [2.75, 3.05) is 13.1 Å². The molecule has 0 radical (unpaired) electrons. The minimum absolute atomic E-state index is 0.0562. The van der Waals surface area contributed by atoms with Gasteiger partial charge in [-0.15, -0.1) is 0 Å². The van der Waals surface area contributed by atoms with E-state index < -0.39 is 40.4 Å². The Labute approximate surface area is 196 Å². The fourth-order valence-corrected chi connectivity index (χ4v) is 4.83. The first-order valence-corrected chi connectivity index (χ1v) is 11.5. The lowest BCUT2D eigenvalue weighted by Crippen LogP contribution is -2.35. The van der Waals surface area contributed by atoms with Gasteiger partial charge in [0.25, 0.3) is 0 Å². The topological polar surface area (TPSA) is 27.0 Å². The zero-order chi connectivity index (χ0) is 25.0. The average Bonchev–Trinajstić information content (AvgIpc) is 3.62. The summed E-state index contributed by atoms with van der Waals surface area (Å²) in [4.78, 5) is 2.13. The van der Waals surface area contributed by atoms with E-state index in [4.69, 9.17) is 0 Å². The van der Waals surface area contributed by atoms with E-state index in [1.165, 1.54) is 0 Å². The minimum Gasteiger partial charge on any atom is -0.299 e. The lowest BCUT2D eigenvalue weighted by molar-refractivity contribution is -0.145. The Morgan fingerprint density at radius 1 is 0.882 bits per heavy atom. The summed E-state index contributed by atoms with van der Waals surface area (Å²) in [7, 11) is 0. The first kappa shape index (κ1) is 26.1. The highest BCUT2D eigenvalue weighted by atomic mass is 19.4. The number of benzene rings is 2. The first-order valence-electron chi connectivity index (χ1n) is 11.5. The van der Waals surface area contributed by atoms with Gasteiger partial charge in [-0.05, 0) is 74.4 Å². The average molecular weight is 483 g/mol. The highest BCUT2D eigenvalue weighted by Crippen LogP contribution is 2.55. The molecule has 0 bridgehead atoms. The predicted octanol–water partition coefficient (Wildman–Crippen LogP) is 7.59. The van der Waals surface area contributed by atoms with Crippen LogP contribution in [0.5, 0.6) is 0 Å². The molecule has 1 saturated carbocycles. The standard InChI is InChI=1S/C26H28F6N2/c1-2-15-34(17-19-8-4-3-5-9-19)16-7-14-24(18-33,20-12-13-20)23-21(25(27,28)29)10-6-11-22(23)26(30,31)32/h3-6,8-11,20H,2,7,12-17H2,1H3. The van der Waals surface area contributed by atoms with Crippen LogP contribution >= 0.6 is 0 Å². The normalized spacial score (nSPS) is 16.3. The highest BCUT2D eigenvalue weighted by Gasteiger charge is 2.54. The molecule has 1 aliphatic carbocycles. The molecular weight excluding hydrogens is 454 g/mol. The molecule has 3 rings (SSSR count). The van der Waals surface area contributed by atoms with Gasteiger partial charge in [-0.3, -0.25) is 4.90 Å². The van der Waals surface area contributed by atoms with Crippen molar-refractivity contribution in [1.29, 1.82) is 5.26 Å². The molecule has 2 aromatic rings. The molecule has 1 atom stereocenters. The number of rotatable bonds is 10. The highest BCUT2D eigenvalue weighted by molar-refractivity contribution is 5.49. The van der Waals surface area contributed by atoms with E-state index in [9.17, 15) is 31.6 Å². The zero-order valence-electron chi connectivity index (χ0n) is 19.0. The SMILES string of the molecule is CCCN(CCCC(C#N)(c1c(C(F)(F)F)cccc1C(F)(F)F)C1CC1)Cc1ccccc1. The molecule has 1 aliphatic rings. The molecule has 8 heteroatoms. The molecule has 2 nitrogen and oxygen atoms in total. The van der Waals surface area contributed by atoms with E-state index in [1.54, 1.807) is 0 Å². The van der Waals surface area contributed by atoms with Gasteiger partial charge >= 0.3 is 12.4 Å². The van der Waals surface area contributed by atoms with Crippen LogP contribution in [0.25, 0.3) is 0 Å². The van der Waals surface area contributed by atoms with Crippen molar-refractivity contribution < 1.29 is 26.3 Å². The van der Waals surface area contributed by atoms with Crippen LogP contribution in [-0.2, 0) is 24.3 Å². The Morgan fingerprint density at radius 2 is 1.47 bits per heavy atom. The second-order valence-corrected chi connectivity index (χ2v) is 8.95. The van der Waals surface area contributed by atoms with E-state index in [1.807, 2.05) is 43.3 Å². The van der Waals surface area contributed by atoms with Gasteiger partial charge in [0.1, 0.15) is 0 Å². The summed E-state index contributed by atoms with van der Waals surface area (Å²) in [5, 5.41) is 10.1. The van der Waals surface area contributed by atoms with Crippen LogP contribution in [0.15, 0.2) is 48.5 Å². The van der Waals surface area contributed by atoms with Crippen molar-refractivity contribution in [2.24, 2.45) is 5.92 Å². The number of hydrogen-bond acceptors (Lipinski definition) is 2. The molecule has 2 aromatic carbocycles. The predicted molar refractivity (Wildman–Crippen MR) is 118 cm³/mol. The van der Waals surface area contributed by atoms with Gasteiger partial charge in [-0.1, -0.05) is 43.3 Å². The van der Waals surface area contributed by atoms with E-state index in [0.717, 1.165) is 24.6 Å². The fraction of sp³-hybridized carbons (Fsp3) is 0.500. The van der Waals surface area contributed by atoms with Crippen LogP contribution in [0.4, 0.5) is 26.3 Å². The maximum atomic E-state index is 13.9. The third kappa shape index (κ3) is 5.93. The zero-order valence-corrected chi connectivity index (χ0v) is 19.0. The fourth-order valence-electron chi connectivity index (χ4n) is 4.83. The summed E-state index contributed by atoms with van der Waals surface area (Å²) in [5.41, 5.74) is -4.37. The molecule has 0 heterocycles. The van der Waals surface area contributed by atoms with Gasteiger partial charge in [-0.2, -0.15) is 31.6 Å². The summed E-state index contributed by atoms with van der Waals surface area (Å²) >= 11 is 0. The molecule has 1 unspecified atom stereocenters. The Balaban J connectivity index is 1.94. The number of alkyl halides is 6. The lowest BCUT2D eigenvalue weighted by atomic mass is 9.70. The van der Waals surface area contributed by atoms with Gasteiger partial charge in [0, 0.05) is 6.54 Å². The first-order chi connectivity index (χ1) is 16.0. The lowest BCUT2D eigenvalue weighted by Gasteiger charge is -2.33. The van der Waals surface area contributed by atoms with Crippen molar-refractivity contribution in [2.45, 2.75) is 63.3 Å². The van der Waals surface area contributed by atoms with Crippen LogP contribution in [0.1, 0.15) is 61.3 Å². The Morgan fingerprint density at radius 3 is 1.94 bits per heavy atom. The summed E-state index contributed by atoms with van der Waals surface area (Å²) in [6.45, 7) is 3.86. The number of hydrogen-bond donors (Lipinski definition) is 0. The van der Waals surface area contributed by atoms with Crippen LogP contribution in [0, 0.1) is 17.2 Å². The molecule has 0 aromatic heterocycles. The van der Waals surface area contributed by atoms with E-state index in [2.05, 4.69) is 4.90 Å². The largest absolute Gasteiger partial charge is 0.416 e. The molecule has 0 aliphatic heterocycles. The Bertz CT molecular complexity index is 957. The monoisotopic (exact) mass is 482 g/mol. The van der Waals surface area contributed by atoms with E-state index in [0.29, 0.717) is 44.5 Å². The van der Waals surface area contributed by atoms with Gasteiger partial charge in [0.2, 0.25) is 0 Å². The van der Waals surface area contributed by atoms with Crippen LogP contribution in [0.2, 0.25) is 0 Å². The summed E-state index contributed by atoms with van der Waals surface area (Å²) in [6, 6.07) is 13.7. The Kier molecular flexibility index (Phi) is 7.97. The number of nitriles is 1. The van der Waals surface area contributed by atoms with Crippen LogP contribution in [0.3, 0.4) is 0 Å². The van der Waals surface area contributed by atoms with Crippen molar-refractivity contribution in [3.63, 3.8) is 0 Å². The molecule has 0 amide bonds. The summed E-state index contributed by atoms with van der Waals surface area (Å²) < 4.78 is 83.3. The van der Waals surface area contributed by atoms with Gasteiger partial charge in [-0.25, -0.2) is 0 Å². The van der Waals surface area contributed by atoms with Crippen molar-refractivity contribution in [1.82, 2.24) is 4.90 Å². The minimum atomic E-state index is -4.99. The molecule has 0 saturated heterocycles. The van der Waals surface area contributed by atoms with E-state index >= 15 is 0 Å². The van der Waals surface area contributed by atoms with E-state index in [-0.39, 0.29) is 6.42 Å². The van der Waals surface area contributed by atoms with Crippen molar-refractivity contribution in [3.8, 4) is 6.07 Å². The van der Waals surface area contributed by atoms with Crippen LogP contribution in [-0.4, -0.2) is 18.0 Å². The second-order valence-electron chi connectivity index (χ2n) is 8.95. The summed E-state index contributed by atoms with van der Waals surface area (Å²) in [6.07, 6.45) is -7.97. The van der Waals surface area contributed by atoms with Gasteiger partial charge < -0.3 is 0 Å². The van der Waals surface area contributed by atoms with Crippen molar-refractivity contribution >= 4 is 0 Å². The molecule has 0 spiro atoms. The van der Waals surface area contributed by atoms with Crippen LogP contribution < -0.4 is 0 Å². The molecule has 1 fully saturated rings. The van der Waals surface area contributed by atoms with Crippen molar-refractivity contribution in [3.05, 3.63) is 70.8 Å². The van der Waals surface area contributed by atoms with Gasteiger partial charge in [0.15, 0.2) is 0 Å². The maximum Gasteiger partial charge on any atom is 0.416 e.